The van der Waals surface area contributed by atoms with Gasteiger partial charge in [0.15, 0.2) is 5.84 Å². The lowest BCUT2D eigenvalue weighted by Crippen LogP contribution is -2.37. The lowest BCUT2D eigenvalue weighted by atomic mass is 10.0. The molecule has 0 bridgehead atoms. The van der Waals surface area contributed by atoms with Gasteiger partial charge in [0, 0.05) is 9.50 Å². The molecule has 1 aromatic heterocycles. The number of hydroxylamine groups is 1. The van der Waals surface area contributed by atoms with Gasteiger partial charge in [-0.05, 0) is 61.7 Å². The van der Waals surface area contributed by atoms with Gasteiger partial charge in [0.25, 0.3) is 0 Å². The van der Waals surface area contributed by atoms with E-state index < -0.39 is 0 Å². The van der Waals surface area contributed by atoms with Gasteiger partial charge in [-0.3, -0.25) is 9.83 Å². The first kappa shape index (κ1) is 20.8. The molecule has 154 valence electrons. The predicted molar refractivity (Wildman–Crippen MR) is 120 cm³/mol. The van der Waals surface area contributed by atoms with Crippen LogP contribution in [0.4, 0.5) is 0 Å². The minimum atomic E-state index is -0.0484. The molecule has 1 N–H and O–H groups in total. The average molecular weight is 488 g/mol. The number of benzene rings is 2. The van der Waals surface area contributed by atoms with Gasteiger partial charge in [-0.2, -0.15) is 5.10 Å². The zero-order valence-electron chi connectivity index (χ0n) is 16.5. The van der Waals surface area contributed by atoms with Crippen molar-refractivity contribution in [3.05, 3.63) is 80.4 Å². The molecule has 0 fully saturated rings. The molecule has 0 amide bonds. The van der Waals surface area contributed by atoms with Crippen LogP contribution in [0.25, 0.3) is 0 Å². The Balaban J connectivity index is 1.62. The summed E-state index contributed by atoms with van der Waals surface area (Å²) in [6, 6.07) is 15.3. The number of aliphatic imine (C=N–C) groups is 1. The highest BCUT2D eigenvalue weighted by Crippen LogP contribution is 2.27. The van der Waals surface area contributed by atoms with Gasteiger partial charge < -0.3 is 4.74 Å². The van der Waals surface area contributed by atoms with Crippen LogP contribution in [0.15, 0.2) is 58.0 Å². The number of aryl methyl sites for hydroxylation is 2. The van der Waals surface area contributed by atoms with E-state index in [-0.39, 0.29) is 6.04 Å². The lowest BCUT2D eigenvalue weighted by molar-refractivity contribution is 0.0623. The monoisotopic (exact) mass is 486 g/mol. The molecule has 0 saturated carbocycles. The summed E-state index contributed by atoms with van der Waals surface area (Å²) >= 11 is 9.71. The zero-order chi connectivity index (χ0) is 21.1. The summed E-state index contributed by atoms with van der Waals surface area (Å²) < 4.78 is 7.02. The van der Waals surface area contributed by atoms with Crippen LogP contribution in [0.5, 0.6) is 11.6 Å². The quantitative estimate of drug-likeness (QED) is 0.536. The highest BCUT2D eigenvalue weighted by Gasteiger charge is 2.22. The van der Waals surface area contributed by atoms with E-state index in [1.807, 2.05) is 25.1 Å². The summed E-state index contributed by atoms with van der Waals surface area (Å²) in [5.41, 5.74) is 6.71. The molecule has 1 atom stereocenters. The summed E-state index contributed by atoms with van der Waals surface area (Å²) in [5, 5.41) is 8.91. The Hall–Kier alpha value is -2.48. The van der Waals surface area contributed by atoms with E-state index in [1.165, 1.54) is 11.1 Å². The molecule has 0 radical (unpaired) electrons. The van der Waals surface area contributed by atoms with Crippen LogP contribution in [-0.2, 0) is 11.3 Å². The number of hydrogen-bond acceptors (Lipinski definition) is 6. The summed E-state index contributed by atoms with van der Waals surface area (Å²) in [5.74, 6) is 1.46. The van der Waals surface area contributed by atoms with Crippen LogP contribution in [0.1, 0.15) is 22.4 Å². The average Bonchev–Trinajstić information content (AvgIpc) is 2.72. The maximum atomic E-state index is 6.07. The fraction of sp³-hybridized carbons (Fsp3) is 0.227. The second-order valence-corrected chi connectivity index (χ2v) is 8.40. The van der Waals surface area contributed by atoms with Gasteiger partial charge in [0.05, 0.1) is 23.9 Å². The molecule has 8 heteroatoms. The highest BCUT2D eigenvalue weighted by molar-refractivity contribution is 9.10. The van der Waals surface area contributed by atoms with Gasteiger partial charge >= 0.3 is 0 Å². The van der Waals surface area contributed by atoms with Gasteiger partial charge in [-0.25, -0.2) is 5.48 Å². The Labute approximate surface area is 188 Å². The molecule has 1 aliphatic rings. The largest absolute Gasteiger partial charge is 0.437 e. The number of rotatable bonds is 5. The topological polar surface area (TPSA) is 68.6 Å². The number of ether oxygens (including phenoxy) is 1. The van der Waals surface area contributed by atoms with Crippen molar-refractivity contribution < 1.29 is 9.57 Å². The molecule has 0 unspecified atom stereocenters. The van der Waals surface area contributed by atoms with Crippen molar-refractivity contribution in [3.63, 3.8) is 0 Å². The maximum absolute atomic E-state index is 6.07. The number of aromatic nitrogens is 2. The van der Waals surface area contributed by atoms with Crippen molar-refractivity contribution in [2.24, 2.45) is 4.99 Å². The summed E-state index contributed by atoms with van der Waals surface area (Å²) in [4.78, 5) is 10.5. The smallest absolute Gasteiger partial charge is 0.250 e. The third-order valence-corrected chi connectivity index (χ3v) is 5.54. The van der Waals surface area contributed by atoms with Gasteiger partial charge in [0.1, 0.15) is 5.75 Å². The minimum Gasteiger partial charge on any atom is -0.437 e. The maximum Gasteiger partial charge on any atom is 0.250 e. The Morgan fingerprint density at radius 3 is 2.83 bits per heavy atom. The van der Waals surface area contributed by atoms with Gasteiger partial charge in [-0.1, -0.05) is 45.7 Å². The molecular formula is C22H20BrClN4O2. The van der Waals surface area contributed by atoms with Crippen LogP contribution in [0.2, 0.25) is 5.02 Å². The Morgan fingerprint density at radius 2 is 2.03 bits per heavy atom. The van der Waals surface area contributed by atoms with Crippen LogP contribution >= 0.6 is 27.5 Å². The fourth-order valence-corrected chi connectivity index (χ4v) is 3.95. The standard InChI is InChI=1S/C22H20BrClN4O2/c1-13-6-7-15(20(23)8-13)10-17-12-29-28-21(25-17)19-9-14(2)26-27-22(19)30-18-5-3-4-16(24)11-18/h3-9,11,17H,10,12H2,1-2H3,(H,25,28)/t17-/m1/s1. The first-order valence-corrected chi connectivity index (χ1v) is 10.6. The second kappa shape index (κ2) is 9.12. The number of nitrogens with one attached hydrogen (secondary N) is 1. The molecule has 3 aromatic rings. The van der Waals surface area contributed by atoms with E-state index in [1.54, 1.807) is 12.1 Å². The van der Waals surface area contributed by atoms with Crippen LogP contribution in [0, 0.1) is 13.8 Å². The van der Waals surface area contributed by atoms with Crippen LogP contribution < -0.4 is 10.2 Å². The van der Waals surface area contributed by atoms with Crippen molar-refractivity contribution >= 4 is 33.4 Å². The van der Waals surface area contributed by atoms with E-state index in [4.69, 9.17) is 26.2 Å². The predicted octanol–water partition coefficient (Wildman–Crippen LogP) is 5.19. The van der Waals surface area contributed by atoms with Gasteiger partial charge in [-0.15, -0.1) is 5.10 Å². The minimum absolute atomic E-state index is 0.0484. The van der Waals surface area contributed by atoms with E-state index in [0.29, 0.717) is 34.7 Å². The summed E-state index contributed by atoms with van der Waals surface area (Å²) in [6.45, 7) is 4.40. The second-order valence-electron chi connectivity index (χ2n) is 7.11. The first-order chi connectivity index (χ1) is 14.5. The Morgan fingerprint density at radius 1 is 1.17 bits per heavy atom. The van der Waals surface area contributed by atoms with E-state index in [0.717, 1.165) is 16.6 Å². The Kier molecular flexibility index (Phi) is 6.32. The molecule has 0 aliphatic carbocycles. The molecule has 2 aromatic carbocycles. The highest BCUT2D eigenvalue weighted by atomic mass is 79.9. The Bertz CT molecular complexity index is 1110. The summed E-state index contributed by atoms with van der Waals surface area (Å²) in [6.07, 6.45) is 0.744. The normalized spacial score (nSPS) is 16.0. The van der Waals surface area contributed by atoms with Crippen molar-refractivity contribution in [2.45, 2.75) is 26.3 Å². The third-order valence-electron chi connectivity index (χ3n) is 4.57. The van der Waals surface area contributed by atoms with Crippen molar-refractivity contribution in [2.75, 3.05) is 6.61 Å². The molecule has 30 heavy (non-hydrogen) atoms. The van der Waals surface area contributed by atoms with E-state index >= 15 is 0 Å². The van der Waals surface area contributed by atoms with Gasteiger partial charge in [0.2, 0.25) is 5.88 Å². The van der Waals surface area contributed by atoms with E-state index in [9.17, 15) is 0 Å². The molecule has 0 spiro atoms. The third kappa shape index (κ3) is 4.98. The van der Waals surface area contributed by atoms with Crippen LogP contribution in [0.3, 0.4) is 0 Å². The van der Waals surface area contributed by atoms with Crippen molar-refractivity contribution in [1.29, 1.82) is 0 Å². The summed E-state index contributed by atoms with van der Waals surface area (Å²) in [7, 11) is 0. The molecule has 6 nitrogen and oxygen atoms in total. The molecule has 2 heterocycles. The molecule has 1 aliphatic heterocycles. The van der Waals surface area contributed by atoms with E-state index in [2.05, 4.69) is 56.7 Å². The lowest BCUT2D eigenvalue weighted by Gasteiger charge is -2.23. The number of hydrogen-bond donors (Lipinski definition) is 1. The molecule has 4 rings (SSSR count). The first-order valence-electron chi connectivity index (χ1n) is 9.46. The SMILES string of the molecule is Cc1ccc(C[C@@H]2CONC(c3cc(C)nnc3Oc3cccc(Cl)c3)=N2)c(Br)c1. The van der Waals surface area contributed by atoms with Crippen molar-refractivity contribution in [1.82, 2.24) is 15.7 Å². The van der Waals surface area contributed by atoms with Crippen molar-refractivity contribution in [3.8, 4) is 11.6 Å². The number of halogens is 2. The zero-order valence-corrected chi connectivity index (χ0v) is 18.9. The number of amidine groups is 1. The van der Waals surface area contributed by atoms with Crippen LogP contribution in [-0.4, -0.2) is 28.7 Å². The molecule has 0 saturated heterocycles. The fourth-order valence-electron chi connectivity index (χ4n) is 3.12. The number of nitrogens with zero attached hydrogens (tertiary/aromatic N) is 3. The molecular weight excluding hydrogens is 468 g/mol.